The highest BCUT2D eigenvalue weighted by Crippen LogP contribution is 2.33. The molecule has 2 aromatic rings. The van der Waals surface area contributed by atoms with E-state index in [0.29, 0.717) is 0 Å². The van der Waals surface area contributed by atoms with Crippen LogP contribution in [0.1, 0.15) is 11.1 Å². The van der Waals surface area contributed by atoms with Crippen LogP contribution < -0.4 is 5.32 Å². The summed E-state index contributed by atoms with van der Waals surface area (Å²) in [5.41, 5.74) is 3.02. The van der Waals surface area contributed by atoms with E-state index >= 15 is 0 Å². The summed E-state index contributed by atoms with van der Waals surface area (Å²) in [7, 11) is 0. The molecular weight excluding hydrogens is 369 g/mol. The molecule has 98 valence electrons. The van der Waals surface area contributed by atoms with E-state index in [1.165, 1.54) is 14.7 Å². The third kappa shape index (κ3) is 2.81. The van der Waals surface area contributed by atoms with E-state index in [1.54, 1.807) is 0 Å². The maximum atomic E-state index is 5.98. The van der Waals surface area contributed by atoms with Crippen molar-refractivity contribution in [2.75, 3.05) is 13.1 Å². The lowest BCUT2D eigenvalue weighted by Crippen LogP contribution is -2.58. The maximum Gasteiger partial charge on any atom is 0.0406 e. The zero-order valence-corrected chi connectivity index (χ0v) is 13.4. The number of benzene rings is 2. The average Bonchev–Trinajstić information content (AvgIpc) is 2.37. The van der Waals surface area contributed by atoms with Crippen LogP contribution in [0.15, 0.2) is 48.5 Å². The smallest absolute Gasteiger partial charge is 0.0406 e. The van der Waals surface area contributed by atoms with E-state index in [-0.39, 0.29) is 5.41 Å². The van der Waals surface area contributed by atoms with Gasteiger partial charge in [0.2, 0.25) is 0 Å². The highest BCUT2D eigenvalue weighted by molar-refractivity contribution is 14.1. The van der Waals surface area contributed by atoms with E-state index in [0.717, 1.165) is 24.5 Å². The van der Waals surface area contributed by atoms with Gasteiger partial charge in [0.1, 0.15) is 0 Å². The van der Waals surface area contributed by atoms with Crippen molar-refractivity contribution >= 4 is 34.2 Å². The molecule has 1 nitrogen and oxygen atoms in total. The first kappa shape index (κ1) is 13.4. The molecule has 0 bridgehead atoms. The molecule has 0 aliphatic carbocycles. The Morgan fingerprint density at radius 3 is 2.16 bits per heavy atom. The summed E-state index contributed by atoms with van der Waals surface area (Å²) in [6.45, 7) is 2.08. The van der Waals surface area contributed by atoms with Crippen LogP contribution in [0.4, 0.5) is 0 Å². The third-order valence-electron chi connectivity index (χ3n) is 3.84. The molecule has 0 aromatic heterocycles. The summed E-state index contributed by atoms with van der Waals surface area (Å²) in [6, 6.07) is 17.1. The first-order chi connectivity index (χ1) is 9.18. The molecular formula is C16H15ClIN. The molecule has 0 unspecified atom stereocenters. The Bertz CT molecular complexity index is 558. The summed E-state index contributed by atoms with van der Waals surface area (Å²) < 4.78 is 1.29. The van der Waals surface area contributed by atoms with Crippen LogP contribution in [0.5, 0.6) is 0 Å². The maximum absolute atomic E-state index is 5.98. The van der Waals surface area contributed by atoms with Crippen molar-refractivity contribution < 1.29 is 0 Å². The lowest BCUT2D eigenvalue weighted by Gasteiger charge is -2.43. The summed E-state index contributed by atoms with van der Waals surface area (Å²) in [6.07, 6.45) is 1.08. The first-order valence-corrected chi connectivity index (χ1v) is 7.85. The Kier molecular flexibility index (Phi) is 3.83. The van der Waals surface area contributed by atoms with E-state index in [4.69, 9.17) is 11.6 Å². The minimum atomic E-state index is 0.234. The van der Waals surface area contributed by atoms with E-state index in [2.05, 4.69) is 64.3 Å². The number of nitrogens with one attached hydrogen (secondary N) is 1. The second-order valence-corrected chi connectivity index (χ2v) is 6.88. The van der Waals surface area contributed by atoms with Crippen molar-refractivity contribution in [3.63, 3.8) is 0 Å². The fourth-order valence-electron chi connectivity index (χ4n) is 2.65. The van der Waals surface area contributed by atoms with Gasteiger partial charge in [0.15, 0.2) is 0 Å². The van der Waals surface area contributed by atoms with Crippen molar-refractivity contribution in [3.8, 4) is 0 Å². The lowest BCUT2D eigenvalue weighted by atomic mass is 9.71. The fraction of sp³-hybridized carbons (Fsp3) is 0.250. The molecule has 0 amide bonds. The highest BCUT2D eigenvalue weighted by atomic mass is 127. The van der Waals surface area contributed by atoms with Gasteiger partial charge in [-0.25, -0.2) is 0 Å². The molecule has 3 heteroatoms. The molecule has 1 saturated heterocycles. The SMILES string of the molecule is Clc1ccc(C2(Cc3ccc(I)cc3)CNC2)cc1. The Balaban J connectivity index is 1.87. The van der Waals surface area contributed by atoms with Gasteiger partial charge < -0.3 is 5.32 Å². The van der Waals surface area contributed by atoms with Gasteiger partial charge in [-0.1, -0.05) is 35.9 Å². The highest BCUT2D eigenvalue weighted by Gasteiger charge is 2.38. The van der Waals surface area contributed by atoms with Gasteiger partial charge >= 0.3 is 0 Å². The van der Waals surface area contributed by atoms with Gasteiger partial charge in [-0.2, -0.15) is 0 Å². The molecule has 0 radical (unpaired) electrons. The Hall–Kier alpha value is -0.580. The fourth-order valence-corrected chi connectivity index (χ4v) is 3.14. The monoisotopic (exact) mass is 383 g/mol. The zero-order valence-electron chi connectivity index (χ0n) is 10.5. The van der Waals surface area contributed by atoms with Crippen LogP contribution in [-0.4, -0.2) is 13.1 Å². The second kappa shape index (κ2) is 5.43. The summed E-state index contributed by atoms with van der Waals surface area (Å²) in [5, 5.41) is 4.22. The number of rotatable bonds is 3. The molecule has 0 atom stereocenters. The van der Waals surface area contributed by atoms with Crippen LogP contribution in [0.2, 0.25) is 5.02 Å². The molecule has 0 saturated carbocycles. The largest absolute Gasteiger partial charge is 0.315 e. The zero-order chi connectivity index (χ0) is 13.3. The average molecular weight is 384 g/mol. The number of hydrogen-bond donors (Lipinski definition) is 1. The number of halogens is 2. The first-order valence-electron chi connectivity index (χ1n) is 6.39. The predicted octanol–water partition coefficient (Wildman–Crippen LogP) is 4.03. The van der Waals surface area contributed by atoms with Crippen LogP contribution in [0, 0.1) is 3.57 Å². The van der Waals surface area contributed by atoms with Gasteiger partial charge in [-0.3, -0.25) is 0 Å². The number of hydrogen-bond acceptors (Lipinski definition) is 1. The van der Waals surface area contributed by atoms with Gasteiger partial charge in [-0.15, -0.1) is 0 Å². The topological polar surface area (TPSA) is 12.0 Å². The van der Waals surface area contributed by atoms with Gasteiger partial charge in [-0.05, 0) is 64.4 Å². The van der Waals surface area contributed by atoms with Crippen molar-refractivity contribution in [1.29, 1.82) is 0 Å². The van der Waals surface area contributed by atoms with Crippen molar-refractivity contribution in [2.24, 2.45) is 0 Å². The third-order valence-corrected chi connectivity index (χ3v) is 4.81. The summed E-state index contributed by atoms with van der Waals surface area (Å²) in [5.74, 6) is 0. The quantitative estimate of drug-likeness (QED) is 0.789. The van der Waals surface area contributed by atoms with Crippen LogP contribution in [0.3, 0.4) is 0 Å². The van der Waals surface area contributed by atoms with Crippen LogP contribution >= 0.6 is 34.2 Å². The Labute approximate surface area is 132 Å². The van der Waals surface area contributed by atoms with Crippen LogP contribution in [-0.2, 0) is 11.8 Å². The minimum Gasteiger partial charge on any atom is -0.315 e. The predicted molar refractivity (Wildman–Crippen MR) is 88.9 cm³/mol. The molecule has 2 aromatic carbocycles. The van der Waals surface area contributed by atoms with Gasteiger partial charge in [0.05, 0.1) is 0 Å². The normalized spacial score (nSPS) is 16.9. The molecule has 1 fully saturated rings. The van der Waals surface area contributed by atoms with E-state index < -0.39 is 0 Å². The van der Waals surface area contributed by atoms with Crippen molar-refractivity contribution in [3.05, 3.63) is 68.3 Å². The molecule has 1 aliphatic heterocycles. The summed E-state index contributed by atoms with van der Waals surface area (Å²) >= 11 is 8.33. The van der Waals surface area contributed by atoms with Crippen molar-refractivity contribution in [2.45, 2.75) is 11.8 Å². The molecule has 1 aliphatic rings. The van der Waals surface area contributed by atoms with Crippen LogP contribution in [0.25, 0.3) is 0 Å². The molecule has 1 N–H and O–H groups in total. The van der Waals surface area contributed by atoms with Gasteiger partial charge in [0.25, 0.3) is 0 Å². The lowest BCUT2D eigenvalue weighted by molar-refractivity contribution is 0.275. The van der Waals surface area contributed by atoms with E-state index in [9.17, 15) is 0 Å². The molecule has 19 heavy (non-hydrogen) atoms. The second-order valence-electron chi connectivity index (χ2n) is 5.19. The molecule has 1 heterocycles. The Morgan fingerprint density at radius 1 is 1.00 bits per heavy atom. The van der Waals surface area contributed by atoms with E-state index in [1.807, 2.05) is 12.1 Å². The standard InChI is InChI=1S/C16H15ClIN/c17-14-5-3-13(4-6-14)16(10-19-11-16)9-12-1-7-15(18)8-2-12/h1-8,19H,9-11H2. The molecule has 3 rings (SSSR count). The van der Waals surface area contributed by atoms with Crippen molar-refractivity contribution in [1.82, 2.24) is 5.32 Å². The Morgan fingerprint density at radius 2 is 1.63 bits per heavy atom. The summed E-state index contributed by atoms with van der Waals surface area (Å²) in [4.78, 5) is 0. The molecule has 0 spiro atoms. The minimum absolute atomic E-state index is 0.234. The van der Waals surface area contributed by atoms with Gasteiger partial charge in [0, 0.05) is 27.1 Å².